The number of H-pyrrole nitrogens is 1. The number of hydrogen-bond donors (Lipinski definition) is 6. The van der Waals surface area contributed by atoms with Crippen LogP contribution >= 0.6 is 0 Å². The average Bonchev–Trinajstić information content (AvgIpc) is 3.50. The van der Waals surface area contributed by atoms with Crippen molar-refractivity contribution in [2.24, 2.45) is 5.73 Å². The third-order valence-corrected chi connectivity index (χ3v) is 10.5. The van der Waals surface area contributed by atoms with Gasteiger partial charge in [0.1, 0.15) is 17.6 Å². The standard InChI is InChI=1S/C43H47N5O8/c1-54-38-23-35-39(22-28(38)24-45-25-37(50)32-16-18-36(49)41-33(32)17-19-40(51)47-41)56-43(53)48(35)20-6-5-7-26-10-15-31(27-8-3-2-4-9-27)34(21-26)46-42(52)55-30-13-11-29(44)12-14-30/h2-4,8-10,15-19,21-23,29-30,37,45,49-50H,5-7,11-14,20,24-25,44H2,1H3,(H,46,52)(H,47,51)/t29?,30?,37-/m0/s1. The van der Waals surface area contributed by atoms with E-state index in [1.807, 2.05) is 42.5 Å². The van der Waals surface area contributed by atoms with Gasteiger partial charge in [0.2, 0.25) is 5.56 Å². The summed E-state index contributed by atoms with van der Waals surface area (Å²) < 4.78 is 18.7. The van der Waals surface area contributed by atoms with Crippen LogP contribution in [0.2, 0.25) is 0 Å². The summed E-state index contributed by atoms with van der Waals surface area (Å²) in [7, 11) is 1.56. The number of unbranched alkanes of at least 4 members (excludes halogenated alkanes) is 1. The van der Waals surface area contributed by atoms with Gasteiger partial charge in [-0.1, -0.05) is 48.5 Å². The van der Waals surface area contributed by atoms with Gasteiger partial charge < -0.3 is 40.1 Å². The van der Waals surface area contributed by atoms with Crippen LogP contribution in [0.15, 0.2) is 98.9 Å². The summed E-state index contributed by atoms with van der Waals surface area (Å²) in [6, 6.07) is 25.7. The third kappa shape index (κ3) is 8.81. The quantitative estimate of drug-likeness (QED) is 0.0669. The molecule has 1 amide bonds. The monoisotopic (exact) mass is 761 g/mol. The topological polar surface area (TPSA) is 194 Å². The summed E-state index contributed by atoms with van der Waals surface area (Å²) in [6.07, 6.45) is 3.87. The van der Waals surface area contributed by atoms with Crippen molar-refractivity contribution in [2.75, 3.05) is 19.0 Å². The van der Waals surface area contributed by atoms with Gasteiger partial charge in [-0.3, -0.25) is 14.7 Å². The molecule has 2 aromatic heterocycles. The molecular weight excluding hydrogens is 714 g/mol. The number of nitrogens with two attached hydrogens (primary N) is 1. The molecule has 4 aromatic carbocycles. The number of aryl methyl sites for hydroxylation is 2. The molecule has 2 heterocycles. The first-order valence-electron chi connectivity index (χ1n) is 19.0. The number of carbonyl (C=O) groups is 1. The number of nitrogens with one attached hydrogen (secondary N) is 3. The number of nitrogens with zero attached hydrogens (tertiary/aromatic N) is 1. The number of benzene rings is 4. The highest BCUT2D eigenvalue weighted by atomic mass is 16.6. The Balaban J connectivity index is 0.980. The summed E-state index contributed by atoms with van der Waals surface area (Å²) in [4.78, 5) is 40.4. The van der Waals surface area contributed by atoms with E-state index < -0.39 is 18.0 Å². The molecule has 1 atom stereocenters. The number of anilines is 1. The van der Waals surface area contributed by atoms with Crippen LogP contribution < -0.4 is 32.4 Å². The maximum absolute atomic E-state index is 13.0. The number of methoxy groups -OCH3 is 1. The molecule has 0 radical (unpaired) electrons. The zero-order valence-electron chi connectivity index (χ0n) is 31.3. The second-order valence-electron chi connectivity index (χ2n) is 14.4. The molecule has 56 heavy (non-hydrogen) atoms. The van der Waals surface area contributed by atoms with Crippen molar-refractivity contribution < 1.29 is 28.9 Å². The van der Waals surface area contributed by atoms with Gasteiger partial charge in [-0.2, -0.15) is 0 Å². The molecule has 0 saturated heterocycles. The Kier molecular flexibility index (Phi) is 11.8. The second kappa shape index (κ2) is 17.3. The first-order valence-corrected chi connectivity index (χ1v) is 19.0. The molecule has 13 nitrogen and oxygen atoms in total. The van der Waals surface area contributed by atoms with Crippen molar-refractivity contribution >= 4 is 33.8 Å². The predicted molar refractivity (Wildman–Crippen MR) is 215 cm³/mol. The zero-order chi connectivity index (χ0) is 39.2. The zero-order valence-corrected chi connectivity index (χ0v) is 31.3. The van der Waals surface area contributed by atoms with Crippen LogP contribution in [0.3, 0.4) is 0 Å². The molecule has 1 aliphatic rings. The van der Waals surface area contributed by atoms with E-state index >= 15 is 0 Å². The summed E-state index contributed by atoms with van der Waals surface area (Å²) in [5, 5.41) is 27.9. The van der Waals surface area contributed by atoms with Crippen molar-refractivity contribution in [3.63, 3.8) is 0 Å². The van der Waals surface area contributed by atoms with E-state index in [0.717, 1.165) is 60.8 Å². The van der Waals surface area contributed by atoms with Crippen LogP contribution in [-0.2, 0) is 24.2 Å². The number of pyridine rings is 1. The van der Waals surface area contributed by atoms with E-state index in [2.05, 4.69) is 21.7 Å². The lowest BCUT2D eigenvalue weighted by molar-refractivity contribution is 0.0826. The average molecular weight is 762 g/mol. The maximum Gasteiger partial charge on any atom is 0.419 e. The molecule has 1 saturated carbocycles. The fraction of sp³-hybridized carbons (Fsp3) is 0.326. The van der Waals surface area contributed by atoms with Crippen molar-refractivity contribution in [1.82, 2.24) is 14.9 Å². The van der Waals surface area contributed by atoms with Gasteiger partial charge in [0.25, 0.3) is 0 Å². The van der Waals surface area contributed by atoms with Gasteiger partial charge in [0, 0.05) is 54.3 Å². The number of phenolic OH excluding ortho intramolecular Hbond substituents is 1. The van der Waals surface area contributed by atoms with E-state index in [0.29, 0.717) is 53.0 Å². The largest absolute Gasteiger partial charge is 0.506 e. The molecule has 1 aliphatic carbocycles. The van der Waals surface area contributed by atoms with E-state index in [9.17, 15) is 24.6 Å². The number of carbonyl (C=O) groups excluding carboxylic acids is 1. The maximum atomic E-state index is 13.0. The van der Waals surface area contributed by atoms with Crippen molar-refractivity contribution in [3.8, 4) is 22.6 Å². The van der Waals surface area contributed by atoms with Gasteiger partial charge in [-0.15, -0.1) is 0 Å². The SMILES string of the molecule is COc1cc2c(cc1CNC[C@H](O)c1ccc(O)c3[nH]c(=O)ccc13)oc(=O)n2CCCCc1ccc(-c2ccccc2)c(NC(=O)OC2CCC(N)CC2)c1. The van der Waals surface area contributed by atoms with E-state index in [-0.39, 0.29) is 35.5 Å². The number of aromatic hydroxyl groups is 1. The van der Waals surface area contributed by atoms with Gasteiger partial charge >= 0.3 is 11.8 Å². The number of ether oxygens (including phenoxy) is 2. The number of fused-ring (bicyclic) bond motifs is 2. The number of aliphatic hydroxyl groups excluding tert-OH is 1. The van der Waals surface area contributed by atoms with Crippen molar-refractivity contribution in [1.29, 1.82) is 0 Å². The van der Waals surface area contributed by atoms with Crippen LogP contribution in [0.5, 0.6) is 11.5 Å². The molecule has 0 aliphatic heterocycles. The Morgan fingerprint density at radius 2 is 1.80 bits per heavy atom. The Morgan fingerprint density at radius 1 is 1.00 bits per heavy atom. The smallest absolute Gasteiger partial charge is 0.419 e. The number of oxazole rings is 1. The molecule has 292 valence electrons. The Morgan fingerprint density at radius 3 is 2.59 bits per heavy atom. The number of phenols is 1. The number of amides is 1. The third-order valence-electron chi connectivity index (χ3n) is 10.5. The van der Waals surface area contributed by atoms with Crippen LogP contribution in [0.4, 0.5) is 10.5 Å². The van der Waals surface area contributed by atoms with Crippen molar-refractivity contribution in [3.05, 3.63) is 123 Å². The summed E-state index contributed by atoms with van der Waals surface area (Å²) in [5.74, 6) is 0.0213. The molecule has 7 rings (SSSR count). The van der Waals surface area contributed by atoms with Gasteiger partial charge in [-0.25, -0.2) is 9.59 Å². The number of hydrogen-bond acceptors (Lipinski definition) is 10. The molecule has 1 fully saturated rings. The van der Waals surface area contributed by atoms with Crippen LogP contribution in [0, 0.1) is 0 Å². The lowest BCUT2D eigenvalue weighted by Crippen LogP contribution is -2.32. The second-order valence-corrected chi connectivity index (χ2v) is 14.4. The summed E-state index contributed by atoms with van der Waals surface area (Å²) in [5.41, 5.74) is 11.9. The molecule has 7 N–H and O–H groups in total. The summed E-state index contributed by atoms with van der Waals surface area (Å²) in [6.45, 7) is 0.915. The highest BCUT2D eigenvalue weighted by Gasteiger charge is 2.23. The van der Waals surface area contributed by atoms with Crippen LogP contribution in [0.1, 0.15) is 61.3 Å². The highest BCUT2D eigenvalue weighted by molar-refractivity contribution is 5.92. The number of rotatable bonds is 14. The van der Waals surface area contributed by atoms with Crippen LogP contribution in [-0.4, -0.2) is 51.7 Å². The van der Waals surface area contributed by atoms with Gasteiger partial charge in [0.15, 0.2) is 5.58 Å². The highest BCUT2D eigenvalue weighted by Crippen LogP contribution is 2.32. The fourth-order valence-electron chi connectivity index (χ4n) is 7.49. The summed E-state index contributed by atoms with van der Waals surface area (Å²) >= 11 is 0. The molecule has 0 bridgehead atoms. The number of aliphatic hydroxyl groups is 1. The molecule has 0 unspecified atom stereocenters. The van der Waals surface area contributed by atoms with Gasteiger partial charge in [0.05, 0.1) is 29.9 Å². The number of aromatic amines is 1. The molecular formula is C43H47N5O8. The Labute approximate surface area is 323 Å². The normalized spacial score (nSPS) is 16.2. The minimum atomic E-state index is -0.939. The predicted octanol–water partition coefficient (Wildman–Crippen LogP) is 6.48. The van der Waals surface area contributed by atoms with E-state index in [4.69, 9.17) is 19.6 Å². The molecule has 13 heteroatoms. The minimum absolute atomic E-state index is 0.0786. The van der Waals surface area contributed by atoms with Crippen molar-refractivity contribution in [2.45, 2.75) is 76.3 Å². The van der Waals surface area contributed by atoms with Crippen LogP contribution in [0.25, 0.3) is 33.1 Å². The first kappa shape index (κ1) is 38.4. The molecule has 0 spiro atoms. The molecule has 6 aromatic rings. The Hall–Kier alpha value is -5.89. The Bertz CT molecular complexity index is 2430. The fourth-order valence-corrected chi connectivity index (χ4v) is 7.49. The van der Waals surface area contributed by atoms with E-state index in [1.54, 1.807) is 35.9 Å². The van der Waals surface area contributed by atoms with Gasteiger partial charge in [-0.05, 0) is 85.9 Å². The lowest BCUT2D eigenvalue weighted by atomic mass is 9.94. The first-order chi connectivity index (χ1) is 27.2. The number of aromatic nitrogens is 2. The van der Waals surface area contributed by atoms with E-state index in [1.165, 1.54) is 12.1 Å². The minimum Gasteiger partial charge on any atom is -0.506 e. The lowest BCUT2D eigenvalue weighted by Gasteiger charge is -2.26.